The first-order valence-electron chi connectivity index (χ1n) is 5.64. The second kappa shape index (κ2) is 5.23. The summed E-state index contributed by atoms with van der Waals surface area (Å²) in [6.07, 6.45) is 2.99. The van der Waals surface area contributed by atoms with Gasteiger partial charge in [0.1, 0.15) is 0 Å². The quantitative estimate of drug-likeness (QED) is 0.925. The highest BCUT2D eigenvalue weighted by Crippen LogP contribution is 2.29. The minimum Gasteiger partial charge on any atom is -0.375 e. The average molecular weight is 314 g/mol. The van der Waals surface area contributed by atoms with E-state index in [1.165, 1.54) is 8.66 Å². The lowest BCUT2D eigenvalue weighted by molar-refractivity contribution is 0.746. The summed E-state index contributed by atoms with van der Waals surface area (Å²) >= 11 is 5.25. The Hall–Kier alpha value is -0.810. The second-order valence-corrected chi connectivity index (χ2v) is 6.52. The van der Waals surface area contributed by atoms with E-state index in [1.807, 2.05) is 17.9 Å². The lowest BCUT2D eigenvalue weighted by atomic mass is 10.2. The van der Waals surface area contributed by atoms with Gasteiger partial charge in [0, 0.05) is 18.1 Å². The first kappa shape index (κ1) is 12.6. The topological polar surface area (TPSA) is 29.9 Å². The van der Waals surface area contributed by atoms with Crippen LogP contribution in [0.1, 0.15) is 30.5 Å². The van der Waals surface area contributed by atoms with Crippen molar-refractivity contribution in [1.82, 2.24) is 9.78 Å². The van der Waals surface area contributed by atoms with Gasteiger partial charge in [-0.15, -0.1) is 11.3 Å². The third-order valence-electron chi connectivity index (χ3n) is 2.63. The SMILES string of the molecule is CCc1nn(C)cc1NC(C)c1ccc(Br)s1. The Morgan fingerprint density at radius 1 is 1.53 bits per heavy atom. The summed E-state index contributed by atoms with van der Waals surface area (Å²) in [5.74, 6) is 0. The van der Waals surface area contributed by atoms with Crippen LogP contribution >= 0.6 is 27.3 Å². The first-order chi connectivity index (χ1) is 8.10. The van der Waals surface area contributed by atoms with Crippen molar-refractivity contribution in [2.24, 2.45) is 7.05 Å². The summed E-state index contributed by atoms with van der Waals surface area (Å²) in [5.41, 5.74) is 2.25. The Bertz CT molecular complexity index is 504. The summed E-state index contributed by atoms with van der Waals surface area (Å²) in [6, 6.07) is 4.54. The highest BCUT2D eigenvalue weighted by molar-refractivity contribution is 9.11. The van der Waals surface area contributed by atoms with E-state index >= 15 is 0 Å². The maximum Gasteiger partial charge on any atom is 0.0853 e. The molecule has 0 saturated carbocycles. The van der Waals surface area contributed by atoms with Crippen LogP contribution in [0, 0.1) is 0 Å². The molecule has 2 heterocycles. The number of rotatable bonds is 4. The van der Waals surface area contributed by atoms with Crippen molar-refractivity contribution >= 4 is 33.0 Å². The highest BCUT2D eigenvalue weighted by Gasteiger charge is 2.12. The van der Waals surface area contributed by atoms with Gasteiger partial charge in [0.25, 0.3) is 0 Å². The van der Waals surface area contributed by atoms with Gasteiger partial charge in [-0.05, 0) is 41.4 Å². The van der Waals surface area contributed by atoms with Crippen LogP contribution in [0.25, 0.3) is 0 Å². The molecule has 2 rings (SSSR count). The highest BCUT2D eigenvalue weighted by atomic mass is 79.9. The zero-order chi connectivity index (χ0) is 12.4. The van der Waals surface area contributed by atoms with Crippen molar-refractivity contribution in [3.8, 4) is 0 Å². The molecule has 3 nitrogen and oxygen atoms in total. The van der Waals surface area contributed by atoms with Crippen LogP contribution in [-0.4, -0.2) is 9.78 Å². The van der Waals surface area contributed by atoms with Gasteiger partial charge in [0.2, 0.25) is 0 Å². The fourth-order valence-corrected chi connectivity index (χ4v) is 3.21. The van der Waals surface area contributed by atoms with E-state index in [4.69, 9.17) is 0 Å². The molecule has 1 atom stereocenters. The minimum absolute atomic E-state index is 0.306. The van der Waals surface area contributed by atoms with Gasteiger partial charge in [-0.2, -0.15) is 5.10 Å². The van der Waals surface area contributed by atoms with E-state index in [2.05, 4.69) is 52.3 Å². The fraction of sp³-hybridized carbons (Fsp3) is 0.417. The third-order valence-corrected chi connectivity index (χ3v) is 4.44. The van der Waals surface area contributed by atoms with E-state index in [1.54, 1.807) is 11.3 Å². The summed E-state index contributed by atoms with van der Waals surface area (Å²) in [5, 5.41) is 7.95. The molecule has 0 amide bonds. The van der Waals surface area contributed by atoms with Gasteiger partial charge in [0.15, 0.2) is 0 Å². The van der Waals surface area contributed by atoms with Crippen molar-refractivity contribution < 1.29 is 0 Å². The van der Waals surface area contributed by atoms with E-state index in [9.17, 15) is 0 Å². The van der Waals surface area contributed by atoms with Gasteiger partial charge in [-0.3, -0.25) is 4.68 Å². The van der Waals surface area contributed by atoms with Crippen LogP contribution in [0.3, 0.4) is 0 Å². The molecule has 0 bridgehead atoms. The van der Waals surface area contributed by atoms with Crippen molar-refractivity contribution in [1.29, 1.82) is 0 Å². The maximum atomic E-state index is 4.43. The van der Waals surface area contributed by atoms with E-state index < -0.39 is 0 Å². The molecule has 0 radical (unpaired) electrons. The van der Waals surface area contributed by atoms with Crippen molar-refractivity contribution in [3.63, 3.8) is 0 Å². The number of hydrogen-bond acceptors (Lipinski definition) is 3. The number of anilines is 1. The second-order valence-electron chi connectivity index (χ2n) is 4.02. The van der Waals surface area contributed by atoms with Crippen LogP contribution in [0.5, 0.6) is 0 Å². The smallest absolute Gasteiger partial charge is 0.0853 e. The molecule has 92 valence electrons. The molecule has 5 heteroatoms. The lowest BCUT2D eigenvalue weighted by Gasteiger charge is -2.12. The van der Waals surface area contributed by atoms with Gasteiger partial charge in [-0.25, -0.2) is 0 Å². The maximum absolute atomic E-state index is 4.43. The summed E-state index contributed by atoms with van der Waals surface area (Å²) in [4.78, 5) is 1.32. The average Bonchev–Trinajstić information content (AvgIpc) is 2.85. The molecule has 2 aromatic rings. The van der Waals surface area contributed by atoms with Crippen molar-refractivity contribution in [2.75, 3.05) is 5.32 Å². The van der Waals surface area contributed by atoms with Crippen LogP contribution < -0.4 is 5.32 Å². The molecule has 0 aliphatic carbocycles. The molecule has 0 aliphatic rings. The number of aromatic nitrogens is 2. The van der Waals surface area contributed by atoms with Gasteiger partial charge >= 0.3 is 0 Å². The van der Waals surface area contributed by atoms with Crippen molar-refractivity contribution in [2.45, 2.75) is 26.3 Å². The predicted molar refractivity (Wildman–Crippen MR) is 76.6 cm³/mol. The fourth-order valence-electron chi connectivity index (χ4n) is 1.78. The Balaban J connectivity index is 2.14. The molecule has 0 saturated heterocycles. The van der Waals surface area contributed by atoms with Crippen LogP contribution in [0.4, 0.5) is 5.69 Å². The predicted octanol–water partition coefficient (Wildman–Crippen LogP) is 3.98. The molecule has 0 spiro atoms. The number of thiophene rings is 1. The number of aryl methyl sites for hydroxylation is 2. The van der Waals surface area contributed by atoms with Gasteiger partial charge in [-0.1, -0.05) is 6.92 Å². The van der Waals surface area contributed by atoms with E-state index in [0.717, 1.165) is 17.8 Å². The van der Waals surface area contributed by atoms with Crippen LogP contribution in [-0.2, 0) is 13.5 Å². The molecular formula is C12H16BrN3S. The molecule has 0 aromatic carbocycles. The molecule has 1 unspecified atom stereocenters. The molecule has 2 aromatic heterocycles. The van der Waals surface area contributed by atoms with Crippen LogP contribution in [0.15, 0.2) is 22.1 Å². The normalized spacial score (nSPS) is 12.7. The standard InChI is InChI=1S/C12H16BrN3S/c1-4-9-10(7-16(3)15-9)14-8(2)11-5-6-12(13)17-11/h5-8,14H,4H2,1-3H3. The Labute approximate surface area is 114 Å². The summed E-state index contributed by atoms with van der Waals surface area (Å²) in [6.45, 7) is 4.30. The monoisotopic (exact) mass is 313 g/mol. The first-order valence-corrected chi connectivity index (χ1v) is 7.25. The summed E-state index contributed by atoms with van der Waals surface area (Å²) in [7, 11) is 1.96. The van der Waals surface area contributed by atoms with Crippen LogP contribution in [0.2, 0.25) is 0 Å². The van der Waals surface area contributed by atoms with E-state index in [-0.39, 0.29) is 0 Å². The Kier molecular flexibility index (Phi) is 3.89. The number of halogens is 1. The Morgan fingerprint density at radius 3 is 2.88 bits per heavy atom. The number of hydrogen-bond donors (Lipinski definition) is 1. The minimum atomic E-state index is 0.306. The molecule has 17 heavy (non-hydrogen) atoms. The van der Waals surface area contributed by atoms with Gasteiger partial charge in [0.05, 0.1) is 21.2 Å². The number of nitrogens with zero attached hydrogens (tertiary/aromatic N) is 2. The molecular weight excluding hydrogens is 298 g/mol. The van der Waals surface area contributed by atoms with E-state index in [0.29, 0.717) is 6.04 Å². The Morgan fingerprint density at radius 2 is 2.29 bits per heavy atom. The number of nitrogens with one attached hydrogen (secondary N) is 1. The zero-order valence-electron chi connectivity index (χ0n) is 10.2. The lowest BCUT2D eigenvalue weighted by Crippen LogP contribution is -2.05. The van der Waals surface area contributed by atoms with Crippen molar-refractivity contribution in [3.05, 3.63) is 32.7 Å². The zero-order valence-corrected chi connectivity index (χ0v) is 12.6. The van der Waals surface area contributed by atoms with Gasteiger partial charge < -0.3 is 5.32 Å². The molecule has 0 fully saturated rings. The molecule has 0 aliphatic heterocycles. The summed E-state index contributed by atoms with van der Waals surface area (Å²) < 4.78 is 3.03. The third kappa shape index (κ3) is 2.90. The largest absolute Gasteiger partial charge is 0.375 e. The molecule has 1 N–H and O–H groups in total.